The van der Waals surface area contributed by atoms with Gasteiger partial charge in [0.1, 0.15) is 5.82 Å². The molecule has 0 saturated carbocycles. The Bertz CT molecular complexity index is 425. The van der Waals surface area contributed by atoms with Crippen molar-refractivity contribution in [3.05, 3.63) is 24.0 Å². The lowest BCUT2D eigenvalue weighted by Gasteiger charge is -2.04. The van der Waals surface area contributed by atoms with Crippen molar-refractivity contribution in [2.45, 2.75) is 4.90 Å². The molecule has 0 saturated heterocycles. The van der Waals surface area contributed by atoms with E-state index in [9.17, 15) is 14.0 Å². The molecule has 1 rings (SSSR count). The third kappa shape index (κ3) is 3.77. The van der Waals surface area contributed by atoms with Crippen molar-refractivity contribution < 1.29 is 14.0 Å². The number of anilines is 1. The Labute approximate surface area is 95.4 Å². The summed E-state index contributed by atoms with van der Waals surface area (Å²) in [7, 11) is 0. The molecule has 0 atom stereocenters. The minimum Gasteiger partial charge on any atom is -0.398 e. The number of hydrogen-bond acceptors (Lipinski definition) is 4. The lowest BCUT2D eigenvalue weighted by Crippen LogP contribution is -2.36. The van der Waals surface area contributed by atoms with Crippen molar-refractivity contribution >= 4 is 29.4 Å². The summed E-state index contributed by atoms with van der Waals surface area (Å²) in [5.41, 5.74) is 10.7. The van der Waals surface area contributed by atoms with Gasteiger partial charge in [0.15, 0.2) is 0 Å². The fourth-order valence-electron chi connectivity index (χ4n) is 0.950. The van der Waals surface area contributed by atoms with Crippen molar-refractivity contribution in [2.75, 3.05) is 11.5 Å². The van der Waals surface area contributed by atoms with Crippen LogP contribution in [0.15, 0.2) is 23.1 Å². The number of rotatable bonds is 3. The predicted molar refractivity (Wildman–Crippen MR) is 59.3 cm³/mol. The molecule has 0 aliphatic rings. The summed E-state index contributed by atoms with van der Waals surface area (Å²) in [5.74, 6) is -1.05. The van der Waals surface area contributed by atoms with Crippen LogP contribution in [0.5, 0.6) is 0 Å². The number of imide groups is 1. The molecule has 5 nitrogen and oxygen atoms in total. The van der Waals surface area contributed by atoms with Gasteiger partial charge in [0, 0.05) is 10.6 Å². The zero-order chi connectivity index (χ0) is 12.1. The minimum atomic E-state index is -0.919. The van der Waals surface area contributed by atoms with Crippen LogP contribution in [-0.4, -0.2) is 17.7 Å². The molecule has 0 aliphatic carbocycles. The Morgan fingerprint density at radius 3 is 2.75 bits per heavy atom. The number of nitrogens with two attached hydrogens (primary N) is 2. The number of carbonyl (C=O) groups is 2. The lowest BCUT2D eigenvalue weighted by atomic mass is 10.3. The molecule has 16 heavy (non-hydrogen) atoms. The molecule has 0 heterocycles. The molecule has 0 unspecified atom stereocenters. The second-order valence-electron chi connectivity index (χ2n) is 2.88. The average Bonchev–Trinajstić information content (AvgIpc) is 2.18. The van der Waals surface area contributed by atoms with Crippen LogP contribution in [0.3, 0.4) is 0 Å². The molecular formula is C9H10FN3O2S. The largest absolute Gasteiger partial charge is 0.398 e. The number of thioether (sulfide) groups is 1. The summed E-state index contributed by atoms with van der Waals surface area (Å²) in [5, 5.41) is 1.89. The minimum absolute atomic E-state index is 0.0589. The zero-order valence-corrected chi connectivity index (χ0v) is 9.01. The van der Waals surface area contributed by atoms with Gasteiger partial charge in [-0.15, -0.1) is 11.8 Å². The fraction of sp³-hybridized carbons (Fsp3) is 0.111. The van der Waals surface area contributed by atoms with E-state index >= 15 is 0 Å². The van der Waals surface area contributed by atoms with E-state index < -0.39 is 17.8 Å². The summed E-state index contributed by atoms with van der Waals surface area (Å²) in [6.45, 7) is 0. The van der Waals surface area contributed by atoms with E-state index in [0.29, 0.717) is 10.6 Å². The molecule has 0 bridgehead atoms. The number of halogens is 1. The molecule has 7 heteroatoms. The summed E-state index contributed by atoms with van der Waals surface area (Å²) in [6, 6.07) is 2.93. The molecule has 5 N–H and O–H groups in total. The van der Waals surface area contributed by atoms with Crippen LogP contribution in [0.4, 0.5) is 14.9 Å². The van der Waals surface area contributed by atoms with Gasteiger partial charge in [-0.25, -0.2) is 9.18 Å². The van der Waals surface area contributed by atoms with Crippen LogP contribution in [0.25, 0.3) is 0 Å². The maximum Gasteiger partial charge on any atom is 0.318 e. The highest BCUT2D eigenvalue weighted by atomic mass is 32.2. The highest BCUT2D eigenvalue weighted by molar-refractivity contribution is 8.00. The molecule has 0 radical (unpaired) electrons. The van der Waals surface area contributed by atoms with E-state index in [0.717, 1.165) is 11.8 Å². The summed E-state index contributed by atoms with van der Waals surface area (Å²) >= 11 is 1.03. The Hall–Kier alpha value is -1.76. The zero-order valence-electron chi connectivity index (χ0n) is 8.20. The van der Waals surface area contributed by atoms with Gasteiger partial charge in [-0.1, -0.05) is 0 Å². The fourth-order valence-corrected chi connectivity index (χ4v) is 1.74. The Morgan fingerprint density at radius 2 is 2.12 bits per heavy atom. The van der Waals surface area contributed by atoms with Gasteiger partial charge in [0.05, 0.1) is 5.75 Å². The molecule has 1 aromatic carbocycles. The summed E-state index contributed by atoms with van der Waals surface area (Å²) < 4.78 is 12.8. The summed E-state index contributed by atoms with van der Waals surface area (Å²) in [6.07, 6.45) is 0. The standard InChI is InChI=1S/C9H10FN3O2S/c10-5-1-2-6(11)7(3-5)16-4-8(14)13-9(12)15/h1-3H,4,11H2,(H3,12,13,14,15). The third-order valence-corrected chi connectivity index (χ3v) is 2.67. The Kier molecular flexibility index (Phi) is 4.12. The van der Waals surface area contributed by atoms with Crippen LogP contribution in [-0.2, 0) is 4.79 Å². The normalized spacial score (nSPS) is 9.81. The van der Waals surface area contributed by atoms with Gasteiger partial charge in [-0.3, -0.25) is 10.1 Å². The second-order valence-corrected chi connectivity index (χ2v) is 3.90. The molecule has 0 fully saturated rings. The molecule has 1 aromatic rings. The number of amides is 3. The summed E-state index contributed by atoms with van der Waals surface area (Å²) in [4.78, 5) is 21.8. The highest BCUT2D eigenvalue weighted by Crippen LogP contribution is 2.25. The van der Waals surface area contributed by atoms with Crippen LogP contribution < -0.4 is 16.8 Å². The van der Waals surface area contributed by atoms with Crippen LogP contribution in [0, 0.1) is 5.82 Å². The van der Waals surface area contributed by atoms with E-state index in [1.54, 1.807) is 0 Å². The first kappa shape index (κ1) is 12.3. The molecule has 86 valence electrons. The third-order valence-electron chi connectivity index (χ3n) is 1.60. The first-order valence-electron chi connectivity index (χ1n) is 4.26. The van der Waals surface area contributed by atoms with Crippen LogP contribution in [0.2, 0.25) is 0 Å². The topological polar surface area (TPSA) is 98.2 Å². The smallest absolute Gasteiger partial charge is 0.318 e. The van der Waals surface area contributed by atoms with Gasteiger partial charge in [-0.05, 0) is 18.2 Å². The molecular weight excluding hydrogens is 233 g/mol. The van der Waals surface area contributed by atoms with E-state index in [1.165, 1.54) is 18.2 Å². The number of nitrogen functional groups attached to an aromatic ring is 1. The van der Waals surface area contributed by atoms with Crippen molar-refractivity contribution in [1.29, 1.82) is 0 Å². The number of primary amides is 1. The SMILES string of the molecule is NC(=O)NC(=O)CSc1cc(F)ccc1N. The van der Waals surface area contributed by atoms with Gasteiger partial charge >= 0.3 is 6.03 Å². The van der Waals surface area contributed by atoms with Crippen LogP contribution in [0.1, 0.15) is 0 Å². The maximum atomic E-state index is 12.8. The first-order valence-corrected chi connectivity index (χ1v) is 5.24. The van der Waals surface area contributed by atoms with E-state index in [4.69, 9.17) is 11.5 Å². The number of carbonyl (C=O) groups excluding carboxylic acids is 2. The molecule has 3 amide bonds. The Morgan fingerprint density at radius 1 is 1.44 bits per heavy atom. The van der Waals surface area contributed by atoms with Crippen molar-refractivity contribution in [3.63, 3.8) is 0 Å². The molecule has 0 spiro atoms. The number of hydrogen-bond donors (Lipinski definition) is 3. The van der Waals surface area contributed by atoms with Crippen molar-refractivity contribution in [3.8, 4) is 0 Å². The lowest BCUT2D eigenvalue weighted by molar-refractivity contribution is -0.117. The second kappa shape index (κ2) is 5.36. The predicted octanol–water partition coefficient (Wildman–Crippen LogP) is 0.695. The van der Waals surface area contributed by atoms with E-state index in [-0.39, 0.29) is 5.75 Å². The quantitative estimate of drug-likeness (QED) is 0.537. The monoisotopic (exact) mass is 243 g/mol. The van der Waals surface area contributed by atoms with Gasteiger partial charge in [-0.2, -0.15) is 0 Å². The van der Waals surface area contributed by atoms with E-state index in [1.807, 2.05) is 5.32 Å². The molecule has 0 aliphatic heterocycles. The highest BCUT2D eigenvalue weighted by Gasteiger charge is 2.07. The number of benzene rings is 1. The molecule has 0 aromatic heterocycles. The Balaban J connectivity index is 2.57. The first-order chi connectivity index (χ1) is 7.49. The number of nitrogens with one attached hydrogen (secondary N) is 1. The van der Waals surface area contributed by atoms with Gasteiger partial charge < -0.3 is 11.5 Å². The van der Waals surface area contributed by atoms with E-state index in [2.05, 4.69) is 0 Å². The van der Waals surface area contributed by atoms with Crippen LogP contribution >= 0.6 is 11.8 Å². The maximum absolute atomic E-state index is 12.8. The van der Waals surface area contributed by atoms with Gasteiger partial charge in [0.25, 0.3) is 0 Å². The van der Waals surface area contributed by atoms with Crippen molar-refractivity contribution in [1.82, 2.24) is 5.32 Å². The van der Waals surface area contributed by atoms with Crippen molar-refractivity contribution in [2.24, 2.45) is 5.73 Å². The average molecular weight is 243 g/mol. The number of urea groups is 1. The van der Waals surface area contributed by atoms with Gasteiger partial charge in [0.2, 0.25) is 5.91 Å².